The van der Waals surface area contributed by atoms with E-state index in [9.17, 15) is 19.5 Å². The number of aliphatic hydroxyl groups excluding tert-OH is 1. The van der Waals surface area contributed by atoms with E-state index in [1.54, 1.807) is 27.0 Å². The molecule has 0 spiro atoms. The number of hydrogen-bond donors (Lipinski definition) is 2. The van der Waals surface area contributed by atoms with Crippen molar-refractivity contribution in [2.45, 2.75) is 141 Å². The molecule has 12 heteroatoms. The minimum atomic E-state index is -1.33. The van der Waals surface area contributed by atoms with Crippen molar-refractivity contribution < 1.29 is 43.2 Å². The van der Waals surface area contributed by atoms with Crippen LogP contribution in [0.1, 0.15) is 86.6 Å². The Labute approximate surface area is 310 Å². The van der Waals surface area contributed by atoms with Crippen LogP contribution in [0.5, 0.6) is 0 Å². The van der Waals surface area contributed by atoms with Crippen molar-refractivity contribution in [2.24, 2.45) is 17.8 Å². The molecule has 1 amide bonds. The number of nitrogens with one attached hydrogen (secondary N) is 1. The highest BCUT2D eigenvalue weighted by atomic mass is 16.7. The summed E-state index contributed by atoms with van der Waals surface area (Å²) in [6.45, 7) is 15.2. The van der Waals surface area contributed by atoms with Crippen LogP contribution in [0.4, 0.5) is 4.79 Å². The number of hydrazine groups is 1. The molecule has 3 aliphatic heterocycles. The molecule has 52 heavy (non-hydrogen) atoms. The highest BCUT2D eigenvalue weighted by Crippen LogP contribution is 2.42. The molecular weight excluding hydrogens is 666 g/mol. The van der Waals surface area contributed by atoms with E-state index in [1.165, 1.54) is 10.6 Å². The van der Waals surface area contributed by atoms with Gasteiger partial charge in [-0.2, -0.15) is 0 Å². The van der Waals surface area contributed by atoms with Gasteiger partial charge < -0.3 is 33.7 Å². The van der Waals surface area contributed by atoms with Gasteiger partial charge >= 0.3 is 12.1 Å². The largest absolute Gasteiger partial charge is 0.455 e. The van der Waals surface area contributed by atoms with Crippen molar-refractivity contribution in [3.8, 4) is 0 Å². The lowest BCUT2D eigenvalue weighted by Crippen LogP contribution is -2.60. The lowest BCUT2D eigenvalue weighted by Gasteiger charge is -2.46. The van der Waals surface area contributed by atoms with Crippen LogP contribution in [0, 0.1) is 17.8 Å². The van der Waals surface area contributed by atoms with Crippen molar-refractivity contribution in [3.63, 3.8) is 0 Å². The standard InChI is InChI=1S/C40H63N3O9/c1-12-31-40(8)34(43(38(47)52-40)41-20-16-19-29-17-14-13-15-18-29)28(6)32(44)26(4)23-39(7,48-11)35(24(2)21-25(3)36(46)50-31)51-37-33(45)30(42(9)10)22-27(5)49-37/h13-15,17-18,21,24,26-28,30-31,33-35,37,41,45H,12,16,19-20,22-23H2,1-11H3/b25-21+/t24-,26+,27+,28+,30-,31+,33+,34+,35+,37-,39+,40+/m0/s1. The first kappa shape index (κ1) is 41.9. The van der Waals surface area contributed by atoms with Gasteiger partial charge in [-0.3, -0.25) is 4.79 Å². The van der Waals surface area contributed by atoms with E-state index in [2.05, 4.69) is 17.6 Å². The van der Waals surface area contributed by atoms with Gasteiger partial charge in [0, 0.05) is 43.0 Å². The van der Waals surface area contributed by atoms with Crippen LogP contribution in [0.3, 0.4) is 0 Å². The summed E-state index contributed by atoms with van der Waals surface area (Å²) in [6.07, 6.45) is 0.259. The molecule has 0 bridgehead atoms. The number of Topliss-reactive ketones (excluding diaryl/α,β-unsaturated/α-hetero) is 1. The maximum atomic E-state index is 14.6. The highest BCUT2D eigenvalue weighted by molar-refractivity contribution is 5.88. The summed E-state index contributed by atoms with van der Waals surface area (Å²) < 4.78 is 31.4. The van der Waals surface area contributed by atoms with Gasteiger partial charge in [-0.15, -0.1) is 0 Å². The molecule has 0 radical (unpaired) electrons. The Morgan fingerprint density at radius 3 is 2.37 bits per heavy atom. The number of benzene rings is 1. The number of ketones is 1. The number of aliphatic hydroxyl groups is 1. The molecule has 0 aromatic heterocycles. The van der Waals surface area contributed by atoms with Gasteiger partial charge in [-0.05, 0) is 79.5 Å². The van der Waals surface area contributed by atoms with Crippen LogP contribution >= 0.6 is 0 Å². The zero-order valence-electron chi connectivity index (χ0n) is 33.1. The first-order valence-electron chi connectivity index (χ1n) is 18.9. The second kappa shape index (κ2) is 17.5. The Balaban J connectivity index is 1.70. The van der Waals surface area contributed by atoms with Crippen molar-refractivity contribution in [1.82, 2.24) is 15.3 Å². The van der Waals surface area contributed by atoms with E-state index in [0.717, 1.165) is 12.8 Å². The number of aryl methyl sites for hydroxylation is 1. The molecule has 0 unspecified atom stereocenters. The summed E-state index contributed by atoms with van der Waals surface area (Å²) in [6, 6.07) is 9.11. The van der Waals surface area contributed by atoms with E-state index in [4.69, 9.17) is 23.7 Å². The number of amides is 1. The molecule has 292 valence electrons. The van der Waals surface area contributed by atoms with Crippen LogP contribution in [0.25, 0.3) is 0 Å². The van der Waals surface area contributed by atoms with E-state index in [0.29, 0.717) is 25.0 Å². The number of nitrogens with zero attached hydrogens (tertiary/aromatic N) is 2. The zero-order valence-corrected chi connectivity index (χ0v) is 33.1. The minimum Gasteiger partial charge on any atom is -0.455 e. The highest BCUT2D eigenvalue weighted by Gasteiger charge is 2.60. The molecule has 2 saturated heterocycles. The van der Waals surface area contributed by atoms with Gasteiger partial charge in [0.05, 0.1) is 17.8 Å². The first-order valence-corrected chi connectivity index (χ1v) is 18.9. The fourth-order valence-corrected chi connectivity index (χ4v) is 8.57. The number of rotatable bonds is 10. The summed E-state index contributed by atoms with van der Waals surface area (Å²) in [5, 5.41) is 12.8. The summed E-state index contributed by atoms with van der Waals surface area (Å²) in [7, 11) is 5.41. The van der Waals surface area contributed by atoms with Gasteiger partial charge in [-0.25, -0.2) is 20.0 Å². The van der Waals surface area contributed by atoms with Gasteiger partial charge in [0.15, 0.2) is 11.9 Å². The molecule has 1 aromatic rings. The molecular formula is C40H63N3O9. The molecule has 0 aliphatic carbocycles. The van der Waals surface area contributed by atoms with Crippen LogP contribution in [0.15, 0.2) is 42.0 Å². The Bertz CT molecular complexity index is 1410. The first-order chi connectivity index (χ1) is 24.5. The topological polar surface area (TPSA) is 136 Å². The molecule has 4 rings (SSSR count). The zero-order chi connectivity index (χ0) is 38.5. The molecule has 12 nitrogen and oxygen atoms in total. The number of esters is 1. The van der Waals surface area contributed by atoms with Gasteiger partial charge in [0.2, 0.25) is 0 Å². The van der Waals surface area contributed by atoms with Crippen molar-refractivity contribution in [3.05, 3.63) is 47.5 Å². The number of likely N-dealkylation sites (N-methyl/N-ethyl adjacent to an activating group) is 1. The molecule has 0 saturated carbocycles. The third kappa shape index (κ3) is 9.07. The molecule has 1 aromatic carbocycles. The average Bonchev–Trinajstić information content (AvgIpc) is 3.36. The summed E-state index contributed by atoms with van der Waals surface area (Å²) in [4.78, 5) is 44.0. The predicted molar refractivity (Wildman–Crippen MR) is 197 cm³/mol. The van der Waals surface area contributed by atoms with E-state index < -0.39 is 71.7 Å². The van der Waals surface area contributed by atoms with Crippen LogP contribution in [-0.2, 0) is 39.7 Å². The van der Waals surface area contributed by atoms with Crippen molar-refractivity contribution in [1.29, 1.82) is 0 Å². The maximum Gasteiger partial charge on any atom is 0.425 e. The molecule has 2 N–H and O–H groups in total. The third-order valence-corrected chi connectivity index (χ3v) is 11.5. The maximum absolute atomic E-state index is 14.6. The SMILES string of the molecule is CC[C@H]1OC(=O)/C(C)=C/[C@H](C)[C@@H](O[C@@H]2O[C@H](C)C[C@H](N(C)C)[C@H]2O)[C@](C)(OC)C[C@@H](C)C(=O)[C@@H](C)[C@H]2N(NCCCc3ccccc3)C(=O)O[C@]12C. The fraction of sp³-hybridized carbons (Fsp3) is 0.725. The normalized spacial score (nSPS) is 39.0. The molecule has 3 aliphatic rings. The number of fused-ring (bicyclic) bond motifs is 1. The summed E-state index contributed by atoms with van der Waals surface area (Å²) in [5.41, 5.74) is 2.40. The second-order valence-corrected chi connectivity index (χ2v) is 15.8. The number of carbonyl (C=O) groups excluding carboxylic acids is 3. The molecule has 3 heterocycles. The Hall–Kier alpha value is -2.87. The molecule has 2 fully saturated rings. The summed E-state index contributed by atoms with van der Waals surface area (Å²) >= 11 is 0. The minimum absolute atomic E-state index is 0.0968. The number of cyclic esters (lactones) is 1. The lowest BCUT2D eigenvalue weighted by atomic mass is 9.74. The van der Waals surface area contributed by atoms with Crippen molar-refractivity contribution >= 4 is 17.8 Å². The number of methoxy groups -OCH3 is 1. The van der Waals surface area contributed by atoms with Gasteiger partial charge in [0.1, 0.15) is 24.0 Å². The number of carbonyl (C=O) groups is 3. The van der Waals surface area contributed by atoms with E-state index in [-0.39, 0.29) is 24.3 Å². The molecule has 12 atom stereocenters. The van der Waals surface area contributed by atoms with Gasteiger partial charge in [-0.1, -0.05) is 64.1 Å². The Morgan fingerprint density at radius 1 is 1.08 bits per heavy atom. The Morgan fingerprint density at radius 2 is 1.75 bits per heavy atom. The second-order valence-electron chi connectivity index (χ2n) is 15.8. The number of ether oxygens (including phenoxy) is 5. The monoisotopic (exact) mass is 729 g/mol. The fourth-order valence-electron chi connectivity index (χ4n) is 8.57. The third-order valence-electron chi connectivity index (χ3n) is 11.5. The lowest BCUT2D eigenvalue weighted by molar-refractivity contribution is -0.294. The number of hydrogen-bond acceptors (Lipinski definition) is 11. The average molecular weight is 730 g/mol. The van der Waals surface area contributed by atoms with E-state index in [1.807, 2.05) is 78.7 Å². The quantitative estimate of drug-likeness (QED) is 0.247. The van der Waals surface area contributed by atoms with E-state index >= 15 is 0 Å². The van der Waals surface area contributed by atoms with Crippen LogP contribution in [-0.4, -0.2) is 115 Å². The predicted octanol–water partition coefficient (Wildman–Crippen LogP) is 5.07. The summed E-state index contributed by atoms with van der Waals surface area (Å²) in [5.74, 6) is -2.36. The Kier molecular flexibility index (Phi) is 14.1. The van der Waals surface area contributed by atoms with Crippen molar-refractivity contribution in [2.75, 3.05) is 27.7 Å². The van der Waals surface area contributed by atoms with Crippen LogP contribution < -0.4 is 5.43 Å². The van der Waals surface area contributed by atoms with Gasteiger partial charge in [0.25, 0.3) is 0 Å². The smallest absolute Gasteiger partial charge is 0.425 e. The van der Waals surface area contributed by atoms with Crippen LogP contribution in [0.2, 0.25) is 0 Å².